The van der Waals surface area contributed by atoms with E-state index in [0.29, 0.717) is 0 Å². The van der Waals surface area contributed by atoms with Crippen molar-refractivity contribution in [2.24, 2.45) is 0 Å². The summed E-state index contributed by atoms with van der Waals surface area (Å²) in [6.07, 6.45) is 0.890. The van der Waals surface area contributed by atoms with Crippen LogP contribution in [0.25, 0.3) is 5.76 Å². The molecule has 0 fully saturated rings. The van der Waals surface area contributed by atoms with E-state index in [1.165, 1.54) is 21.1 Å². The van der Waals surface area contributed by atoms with Gasteiger partial charge in [0.2, 0.25) is 17.3 Å². The predicted octanol–water partition coefficient (Wildman–Crippen LogP) is 2.76. The summed E-state index contributed by atoms with van der Waals surface area (Å²) in [5.74, 6) is -9.68. The zero-order valence-electron chi connectivity index (χ0n) is 20.0. The van der Waals surface area contributed by atoms with E-state index in [9.17, 15) is 44.4 Å². The summed E-state index contributed by atoms with van der Waals surface area (Å²) in [6, 6.07) is 1.96. The minimum absolute atomic E-state index is 0.145. The van der Waals surface area contributed by atoms with E-state index in [4.69, 9.17) is 9.47 Å². The zero-order valence-corrected chi connectivity index (χ0v) is 20.0. The minimum atomic E-state index is -1.32. The van der Waals surface area contributed by atoms with Gasteiger partial charge in [0.15, 0.2) is 17.3 Å². The second-order valence-electron chi connectivity index (χ2n) is 8.41. The molecular formula is C26H20O11. The van der Waals surface area contributed by atoms with Crippen LogP contribution in [0.5, 0.6) is 23.0 Å². The average molecular weight is 508 g/mol. The summed E-state index contributed by atoms with van der Waals surface area (Å²) in [5.41, 5.74) is -3.04. The number of benzene rings is 2. The molecule has 0 bridgehead atoms. The number of ketones is 5. The van der Waals surface area contributed by atoms with Crippen molar-refractivity contribution in [1.29, 1.82) is 0 Å². The van der Waals surface area contributed by atoms with Gasteiger partial charge in [0.1, 0.15) is 34.3 Å². The molecule has 1 unspecified atom stereocenters. The molecule has 0 amide bonds. The van der Waals surface area contributed by atoms with E-state index in [2.05, 4.69) is 0 Å². The van der Waals surface area contributed by atoms with Gasteiger partial charge in [-0.1, -0.05) is 6.92 Å². The van der Waals surface area contributed by atoms with Gasteiger partial charge in [0.05, 0.1) is 30.9 Å². The maximum absolute atomic E-state index is 13.1. The summed E-state index contributed by atoms with van der Waals surface area (Å²) in [6.45, 7) is 2.36. The maximum Gasteiger partial charge on any atom is 0.234 e. The Morgan fingerprint density at radius 2 is 1.46 bits per heavy atom. The third kappa shape index (κ3) is 3.46. The van der Waals surface area contributed by atoms with Gasteiger partial charge in [-0.2, -0.15) is 0 Å². The normalized spacial score (nSPS) is 15.7. The molecule has 0 spiro atoms. The van der Waals surface area contributed by atoms with Crippen LogP contribution in [0.1, 0.15) is 72.3 Å². The molecule has 2 aromatic carbocycles. The highest BCUT2D eigenvalue weighted by Gasteiger charge is 2.42. The number of aliphatic hydroxyl groups is 1. The van der Waals surface area contributed by atoms with E-state index < -0.39 is 85.7 Å². The van der Waals surface area contributed by atoms with Crippen molar-refractivity contribution in [2.45, 2.75) is 19.8 Å². The molecule has 0 saturated carbocycles. The summed E-state index contributed by atoms with van der Waals surface area (Å²) in [5, 5.41) is 42.9. The van der Waals surface area contributed by atoms with Gasteiger partial charge in [-0.3, -0.25) is 24.0 Å². The lowest BCUT2D eigenvalue weighted by Gasteiger charge is -2.27. The van der Waals surface area contributed by atoms with Gasteiger partial charge in [-0.15, -0.1) is 0 Å². The first kappa shape index (κ1) is 25.2. The number of ether oxygens (including phenoxy) is 2. The average Bonchev–Trinajstić information content (AvgIpc) is 2.83. The SMILES string of the molecule is COC1=CC(=O)c2c(cc(OC)c(C(C)C3=C(O)c4c(cc(O)c(C(C)=O)c4O)C(=O)C3=O)c2O)C1=O. The van der Waals surface area contributed by atoms with E-state index in [1.807, 2.05) is 0 Å². The fraction of sp³-hybridized carbons (Fsp3) is 0.192. The number of fused-ring (bicyclic) bond motifs is 2. The van der Waals surface area contributed by atoms with Crippen molar-refractivity contribution < 1.29 is 53.9 Å². The van der Waals surface area contributed by atoms with Crippen LogP contribution in [-0.4, -0.2) is 63.6 Å². The van der Waals surface area contributed by atoms with E-state index in [1.54, 1.807) is 0 Å². The molecule has 0 saturated heterocycles. The Labute approximate surface area is 208 Å². The third-order valence-electron chi connectivity index (χ3n) is 6.40. The number of Topliss-reactive ketones (excluding diaryl/α,β-unsaturated/α-hetero) is 4. The van der Waals surface area contributed by atoms with Gasteiger partial charge in [-0.25, -0.2) is 0 Å². The Bertz CT molecular complexity index is 1540. The van der Waals surface area contributed by atoms with Crippen molar-refractivity contribution >= 4 is 34.7 Å². The quantitative estimate of drug-likeness (QED) is 0.344. The maximum atomic E-state index is 13.1. The molecular weight excluding hydrogens is 488 g/mol. The largest absolute Gasteiger partial charge is 0.507 e. The molecule has 0 aromatic heterocycles. The molecule has 0 heterocycles. The molecule has 11 nitrogen and oxygen atoms in total. The van der Waals surface area contributed by atoms with Gasteiger partial charge < -0.3 is 29.9 Å². The van der Waals surface area contributed by atoms with Crippen molar-refractivity contribution in [3.05, 3.63) is 62.9 Å². The van der Waals surface area contributed by atoms with Crippen molar-refractivity contribution in [1.82, 2.24) is 0 Å². The first-order chi connectivity index (χ1) is 17.4. The topological polar surface area (TPSA) is 185 Å². The summed E-state index contributed by atoms with van der Waals surface area (Å²) < 4.78 is 10.2. The Hall–Kier alpha value is -4.93. The van der Waals surface area contributed by atoms with Crippen molar-refractivity contribution in [2.75, 3.05) is 14.2 Å². The number of carbonyl (C=O) groups excluding carboxylic acids is 5. The molecule has 0 radical (unpaired) electrons. The van der Waals surface area contributed by atoms with Gasteiger partial charge in [0.25, 0.3) is 0 Å². The molecule has 2 aliphatic carbocycles. The Morgan fingerprint density at radius 3 is 2.03 bits per heavy atom. The van der Waals surface area contributed by atoms with Crippen LogP contribution in [0, 0.1) is 0 Å². The number of aromatic hydroxyl groups is 3. The van der Waals surface area contributed by atoms with Crippen molar-refractivity contribution in [3.8, 4) is 23.0 Å². The molecule has 11 heteroatoms. The molecule has 4 N–H and O–H groups in total. The highest BCUT2D eigenvalue weighted by molar-refractivity contribution is 6.52. The van der Waals surface area contributed by atoms with Gasteiger partial charge in [0, 0.05) is 28.7 Å². The van der Waals surface area contributed by atoms with E-state index in [-0.39, 0.29) is 22.6 Å². The standard InChI is InChI=1S/C26H20O11/c1-8(16-14(36-3)6-11-19(23(16)32)13(29)7-15(37-4)21(11)30)17-24(33)20-10(22(31)26(17)35)5-12(28)18(9(2)27)25(20)34/h5-8,28,32-34H,1-4H3. The molecule has 190 valence electrons. The molecule has 2 aromatic rings. The second-order valence-corrected chi connectivity index (χ2v) is 8.41. The lowest BCUT2D eigenvalue weighted by molar-refractivity contribution is -0.112. The van der Waals surface area contributed by atoms with E-state index in [0.717, 1.165) is 25.1 Å². The number of aliphatic hydroxyl groups excluding tert-OH is 1. The fourth-order valence-electron chi connectivity index (χ4n) is 4.67. The van der Waals surface area contributed by atoms with Crippen LogP contribution < -0.4 is 4.74 Å². The Balaban J connectivity index is 2.01. The number of phenolic OH excluding ortho intramolecular Hbond substituents is 3. The molecule has 4 rings (SSSR count). The van der Waals surface area contributed by atoms with Crippen LogP contribution in [-0.2, 0) is 9.53 Å². The van der Waals surface area contributed by atoms with Crippen LogP contribution in [0.15, 0.2) is 29.5 Å². The van der Waals surface area contributed by atoms with Gasteiger partial charge in [-0.05, 0) is 19.1 Å². The number of allylic oxidation sites excluding steroid dienone is 3. The van der Waals surface area contributed by atoms with Gasteiger partial charge >= 0.3 is 0 Å². The summed E-state index contributed by atoms with van der Waals surface area (Å²) in [7, 11) is 2.39. The molecule has 1 atom stereocenters. The predicted molar refractivity (Wildman–Crippen MR) is 125 cm³/mol. The van der Waals surface area contributed by atoms with Crippen LogP contribution in [0.3, 0.4) is 0 Å². The molecule has 37 heavy (non-hydrogen) atoms. The Kier molecular flexibility index (Phi) is 5.87. The van der Waals surface area contributed by atoms with E-state index >= 15 is 0 Å². The first-order valence-corrected chi connectivity index (χ1v) is 10.8. The minimum Gasteiger partial charge on any atom is -0.507 e. The lowest BCUT2D eigenvalue weighted by Crippen LogP contribution is -2.28. The highest BCUT2D eigenvalue weighted by atomic mass is 16.5. The number of methoxy groups -OCH3 is 2. The third-order valence-corrected chi connectivity index (χ3v) is 6.40. The van der Waals surface area contributed by atoms with Crippen molar-refractivity contribution in [3.63, 3.8) is 0 Å². The monoisotopic (exact) mass is 508 g/mol. The summed E-state index contributed by atoms with van der Waals surface area (Å²) in [4.78, 5) is 63.3. The number of hydrogen-bond acceptors (Lipinski definition) is 11. The summed E-state index contributed by atoms with van der Waals surface area (Å²) >= 11 is 0. The smallest absolute Gasteiger partial charge is 0.234 e. The second kappa shape index (κ2) is 8.63. The highest BCUT2D eigenvalue weighted by Crippen LogP contribution is 2.48. The zero-order chi connectivity index (χ0) is 27.5. The molecule has 2 aliphatic rings. The van der Waals surface area contributed by atoms with Crippen LogP contribution in [0.4, 0.5) is 0 Å². The first-order valence-electron chi connectivity index (χ1n) is 10.8. The van der Waals surface area contributed by atoms with Crippen LogP contribution >= 0.6 is 0 Å². The number of carbonyl (C=O) groups is 5. The Morgan fingerprint density at radius 1 is 0.838 bits per heavy atom. The fourth-order valence-corrected chi connectivity index (χ4v) is 4.67. The lowest BCUT2D eigenvalue weighted by atomic mass is 9.77. The number of rotatable bonds is 5. The molecule has 0 aliphatic heterocycles. The van der Waals surface area contributed by atoms with Crippen LogP contribution in [0.2, 0.25) is 0 Å². The number of hydrogen-bond donors (Lipinski definition) is 4. The number of phenols is 3.